The van der Waals surface area contributed by atoms with Crippen molar-refractivity contribution in [3.63, 3.8) is 0 Å². The highest BCUT2D eigenvalue weighted by Gasteiger charge is 2.52. The summed E-state index contributed by atoms with van der Waals surface area (Å²) in [7, 11) is 0. The van der Waals surface area contributed by atoms with E-state index in [2.05, 4.69) is 279 Å². The fourth-order valence-corrected chi connectivity index (χ4v) is 18.9. The van der Waals surface area contributed by atoms with Crippen LogP contribution >= 0.6 is 0 Å². The van der Waals surface area contributed by atoms with Gasteiger partial charge >= 0.3 is 0 Å². The number of furan rings is 2. The zero-order chi connectivity index (χ0) is 63.7. The highest BCUT2D eigenvalue weighted by molar-refractivity contribution is 6.20. The van der Waals surface area contributed by atoms with Gasteiger partial charge in [-0.15, -0.1) is 0 Å². The summed E-state index contributed by atoms with van der Waals surface area (Å²) in [5, 5.41) is 12.0. The van der Waals surface area contributed by atoms with Crippen molar-refractivity contribution in [2.45, 2.75) is 109 Å². The van der Waals surface area contributed by atoms with E-state index in [4.69, 9.17) is 8.83 Å². The van der Waals surface area contributed by atoms with Crippen molar-refractivity contribution in [1.29, 1.82) is 0 Å². The highest BCUT2D eigenvalue weighted by Crippen LogP contribution is 2.65. The second kappa shape index (κ2) is 21.2. The zero-order valence-electron chi connectivity index (χ0n) is 54.9. The smallest absolute Gasteiger partial charge is 0.159 e. The van der Waals surface area contributed by atoms with Crippen LogP contribution in [0.3, 0.4) is 0 Å². The van der Waals surface area contributed by atoms with Crippen LogP contribution in [0.25, 0.3) is 104 Å². The molecule has 0 amide bonds. The molecular formula is C91H73N3O2. The maximum Gasteiger partial charge on any atom is 0.159 e. The molecule has 16 aromatic rings. The van der Waals surface area contributed by atoms with Crippen molar-refractivity contribution in [1.82, 2.24) is 4.57 Å². The summed E-state index contributed by atoms with van der Waals surface area (Å²) >= 11 is 0. The molecule has 0 radical (unpaired) electrons. The lowest BCUT2D eigenvalue weighted by Gasteiger charge is -2.40. The van der Waals surface area contributed by atoms with E-state index < -0.39 is 5.41 Å². The number of hydrogen-bond donors (Lipinski definition) is 0. The van der Waals surface area contributed by atoms with Crippen LogP contribution in [-0.4, -0.2) is 4.57 Å². The second-order valence-electron chi connectivity index (χ2n) is 28.5. The molecule has 3 aliphatic carbocycles. The number of benzene rings is 13. The third-order valence-electron chi connectivity index (χ3n) is 23.0. The third kappa shape index (κ3) is 7.91. The zero-order valence-corrected chi connectivity index (χ0v) is 54.9. The van der Waals surface area contributed by atoms with Crippen molar-refractivity contribution in [3.05, 3.63) is 292 Å². The van der Waals surface area contributed by atoms with Gasteiger partial charge in [-0.25, -0.2) is 0 Å². The van der Waals surface area contributed by atoms with Crippen molar-refractivity contribution < 1.29 is 8.83 Å². The largest absolute Gasteiger partial charge is 0.454 e. The Morgan fingerprint density at radius 3 is 1.38 bits per heavy atom. The minimum absolute atomic E-state index is 0.474. The van der Waals surface area contributed by atoms with E-state index in [-0.39, 0.29) is 0 Å². The Bertz CT molecular complexity index is 5870. The van der Waals surface area contributed by atoms with E-state index in [0.29, 0.717) is 11.8 Å². The number of para-hydroxylation sites is 5. The van der Waals surface area contributed by atoms with Gasteiger partial charge in [0, 0.05) is 55.1 Å². The first-order valence-electron chi connectivity index (χ1n) is 35.2. The normalized spacial score (nSPS) is 15.3. The number of aryl methyl sites for hydroxylation is 4. The Hall–Kier alpha value is -10.6. The summed E-state index contributed by atoms with van der Waals surface area (Å²) in [6.45, 7) is 8.97. The SMILES string of the molecule is Cc1ccc(N(c2ccc3c(c2)c2cc(N(c4ccc(C)cc4C)c4cccc5c4oc4c(C6CCCCC6)cccc45)cc4c2n3-c2ccccc2C42c3ccc4ccccc4c3-c3c2ccc2ccccc32)c2cccc3c2oc2c(C4CCCCC4)cccc23)c(C)c1. The fourth-order valence-electron chi connectivity index (χ4n) is 18.9. The molecule has 0 atom stereocenters. The lowest BCUT2D eigenvalue weighted by atomic mass is 9.65. The van der Waals surface area contributed by atoms with Crippen molar-refractivity contribution in [2.75, 3.05) is 9.80 Å². The molecule has 0 saturated heterocycles. The van der Waals surface area contributed by atoms with E-state index in [1.807, 2.05) is 0 Å². The molecule has 3 aromatic heterocycles. The molecule has 1 spiro atoms. The number of hydrogen-bond acceptors (Lipinski definition) is 4. The predicted molar refractivity (Wildman–Crippen MR) is 401 cm³/mol. The van der Waals surface area contributed by atoms with Crippen molar-refractivity contribution >= 4 is 121 Å². The van der Waals surface area contributed by atoms with E-state index in [9.17, 15) is 0 Å². The molecule has 13 aromatic carbocycles. The lowest BCUT2D eigenvalue weighted by molar-refractivity contribution is 0.442. The minimum atomic E-state index is -0.774. The van der Waals surface area contributed by atoms with Crippen LogP contribution in [0.2, 0.25) is 0 Å². The molecule has 5 nitrogen and oxygen atoms in total. The second-order valence-corrected chi connectivity index (χ2v) is 28.5. The molecule has 4 heterocycles. The monoisotopic (exact) mass is 1240 g/mol. The molecule has 4 aliphatic rings. The van der Waals surface area contributed by atoms with Gasteiger partial charge in [-0.2, -0.15) is 0 Å². The molecule has 2 fully saturated rings. The topological polar surface area (TPSA) is 37.7 Å². The average Bonchev–Trinajstić information content (AvgIpc) is 1.47. The van der Waals surface area contributed by atoms with Crippen LogP contribution in [0, 0.1) is 27.7 Å². The first-order valence-corrected chi connectivity index (χ1v) is 35.2. The van der Waals surface area contributed by atoms with Gasteiger partial charge in [0.15, 0.2) is 11.2 Å². The van der Waals surface area contributed by atoms with Crippen molar-refractivity contribution in [3.8, 4) is 16.8 Å². The van der Waals surface area contributed by atoms with E-state index in [0.717, 1.165) is 72.7 Å². The van der Waals surface area contributed by atoms with Crippen LogP contribution < -0.4 is 9.80 Å². The van der Waals surface area contributed by atoms with Gasteiger partial charge in [-0.05, 0) is 203 Å². The van der Waals surface area contributed by atoms with Gasteiger partial charge < -0.3 is 23.2 Å². The van der Waals surface area contributed by atoms with E-state index in [1.165, 1.54) is 185 Å². The summed E-state index contributed by atoms with van der Waals surface area (Å²) in [6.07, 6.45) is 12.4. The summed E-state index contributed by atoms with van der Waals surface area (Å²) in [4.78, 5) is 5.05. The third-order valence-corrected chi connectivity index (χ3v) is 23.0. The highest BCUT2D eigenvalue weighted by atomic mass is 16.3. The molecule has 464 valence electrons. The van der Waals surface area contributed by atoms with Crippen LogP contribution in [0.4, 0.5) is 34.1 Å². The van der Waals surface area contributed by atoms with Crippen LogP contribution in [0.15, 0.2) is 245 Å². The Morgan fingerprint density at radius 2 is 0.823 bits per heavy atom. The first-order chi connectivity index (χ1) is 47.3. The Balaban J connectivity index is 0.922. The molecule has 20 rings (SSSR count). The van der Waals surface area contributed by atoms with Crippen molar-refractivity contribution in [2.24, 2.45) is 0 Å². The number of nitrogens with zero attached hydrogens (tertiary/aromatic N) is 3. The molecule has 2 saturated carbocycles. The summed E-state index contributed by atoms with van der Waals surface area (Å²) in [5.74, 6) is 0.964. The minimum Gasteiger partial charge on any atom is -0.454 e. The molecular weight excluding hydrogens is 1170 g/mol. The average molecular weight is 1240 g/mol. The van der Waals surface area contributed by atoms with E-state index in [1.54, 1.807) is 0 Å². The fraction of sp³-hybridized carbons (Fsp3) is 0.187. The van der Waals surface area contributed by atoms with E-state index >= 15 is 0 Å². The Labute approximate surface area is 559 Å². The first kappa shape index (κ1) is 55.8. The summed E-state index contributed by atoms with van der Waals surface area (Å²) in [6, 6.07) is 90.9. The molecule has 0 N–H and O–H groups in total. The molecule has 0 unspecified atom stereocenters. The van der Waals surface area contributed by atoms with Gasteiger partial charge in [0.25, 0.3) is 0 Å². The van der Waals surface area contributed by atoms with Gasteiger partial charge in [-0.3, -0.25) is 0 Å². The Kier molecular flexibility index (Phi) is 12.3. The molecule has 1 aliphatic heterocycles. The van der Waals surface area contributed by atoms with Gasteiger partial charge in [0.2, 0.25) is 0 Å². The maximum atomic E-state index is 7.57. The van der Waals surface area contributed by atoms with Crippen LogP contribution in [0.5, 0.6) is 0 Å². The predicted octanol–water partition coefficient (Wildman–Crippen LogP) is 25.8. The number of rotatable bonds is 8. The maximum absolute atomic E-state index is 7.57. The molecule has 5 heteroatoms. The standard InChI is InChI=1S/C91H73N3O2/c1-54-39-46-78(56(3)49-54)92(82-37-19-33-70-68-31-17-29-66(87(68)95-89(70)82)58-21-7-5-8-22-58)62-43-48-80-72(51-62)73-52-63(93(79-47-40-55(2)50-57(79)4)83-38-20-34-71-69-32-18-30-67(88(69)96-90(71)83)59-23-9-6-10-24-59)53-77-86(73)94(80)81-36-16-15-35-74(81)91(77)75-44-41-60-25-11-13-27-64(60)84(75)85-65-28-14-12-26-61(65)42-45-76(85)91/h11-20,25-53,58-59H,5-10,21-24H2,1-4H3. The number of anilines is 6. The summed E-state index contributed by atoms with van der Waals surface area (Å²) < 4.78 is 17.6. The van der Waals surface area contributed by atoms with Gasteiger partial charge in [0.05, 0.1) is 33.5 Å². The Morgan fingerprint density at radius 1 is 0.344 bits per heavy atom. The molecule has 0 bridgehead atoms. The molecule has 96 heavy (non-hydrogen) atoms. The van der Waals surface area contributed by atoms with Crippen LogP contribution in [0.1, 0.15) is 132 Å². The van der Waals surface area contributed by atoms with Gasteiger partial charge in [-0.1, -0.05) is 226 Å². The van der Waals surface area contributed by atoms with Gasteiger partial charge in [0.1, 0.15) is 11.2 Å². The quantitative estimate of drug-likeness (QED) is 0.152. The summed E-state index contributed by atoms with van der Waals surface area (Å²) in [5.41, 5.74) is 28.3. The lowest BCUT2D eigenvalue weighted by Crippen LogP contribution is -2.33. The van der Waals surface area contributed by atoms with Crippen LogP contribution in [-0.2, 0) is 5.41 Å². The number of aromatic nitrogens is 1. The number of fused-ring (bicyclic) bond motifs is 22.